The Hall–Kier alpha value is -1.60. The van der Waals surface area contributed by atoms with Gasteiger partial charge < -0.3 is 4.90 Å². The molecule has 0 N–H and O–H groups in total. The molecule has 0 saturated carbocycles. The second-order valence-electron chi connectivity index (χ2n) is 4.90. The van der Waals surface area contributed by atoms with Gasteiger partial charge in [0.05, 0.1) is 10.2 Å². The molecule has 0 radical (unpaired) electrons. The summed E-state index contributed by atoms with van der Waals surface area (Å²) in [5.41, 5.74) is 0.505. The van der Waals surface area contributed by atoms with Crippen LogP contribution in [0.1, 0.15) is 5.69 Å². The zero-order chi connectivity index (χ0) is 14.7. The Labute approximate surface area is 131 Å². The maximum Gasteiger partial charge on any atom is 0.225 e. The molecule has 2 aromatic heterocycles. The molecule has 0 aliphatic carbocycles. The Kier molecular flexibility index (Phi) is 4.40. The van der Waals surface area contributed by atoms with Crippen LogP contribution in [0.15, 0.2) is 35.2 Å². The van der Waals surface area contributed by atoms with Crippen LogP contribution in [0.25, 0.3) is 0 Å². The molecule has 1 fully saturated rings. The third kappa shape index (κ3) is 3.54. The van der Waals surface area contributed by atoms with Crippen molar-refractivity contribution in [3.05, 3.63) is 46.7 Å². The van der Waals surface area contributed by atoms with Gasteiger partial charge in [0.25, 0.3) is 0 Å². The van der Waals surface area contributed by atoms with Gasteiger partial charge in [-0.2, -0.15) is 0 Å². The fourth-order valence-electron chi connectivity index (χ4n) is 2.32. The van der Waals surface area contributed by atoms with Crippen molar-refractivity contribution < 1.29 is 4.39 Å². The number of nitrogens with zero attached hydrogens (tertiary/aromatic N) is 5. The van der Waals surface area contributed by atoms with E-state index < -0.39 is 0 Å². The quantitative estimate of drug-likeness (QED) is 0.847. The van der Waals surface area contributed by atoms with E-state index in [-0.39, 0.29) is 5.82 Å². The lowest BCUT2D eigenvalue weighted by Crippen LogP contribution is -2.46. The topological polar surface area (TPSA) is 45.2 Å². The maximum absolute atomic E-state index is 13.6. The predicted octanol–water partition coefficient (Wildman–Crippen LogP) is 2.10. The third-order valence-corrected chi connectivity index (χ3v) is 3.88. The van der Waals surface area contributed by atoms with Crippen molar-refractivity contribution >= 4 is 21.9 Å². The lowest BCUT2D eigenvalue weighted by molar-refractivity contribution is 0.242. The van der Waals surface area contributed by atoms with Gasteiger partial charge in [0.15, 0.2) is 0 Å². The number of anilines is 1. The molecule has 1 saturated heterocycles. The number of hydrogen-bond donors (Lipinski definition) is 0. The van der Waals surface area contributed by atoms with Gasteiger partial charge in [-0.25, -0.2) is 14.4 Å². The largest absolute Gasteiger partial charge is 0.338 e. The van der Waals surface area contributed by atoms with Gasteiger partial charge in [0, 0.05) is 51.3 Å². The zero-order valence-electron chi connectivity index (χ0n) is 11.4. The van der Waals surface area contributed by atoms with Gasteiger partial charge in [-0.1, -0.05) is 0 Å². The van der Waals surface area contributed by atoms with Crippen molar-refractivity contribution in [2.24, 2.45) is 0 Å². The molecule has 0 bridgehead atoms. The first-order chi connectivity index (χ1) is 10.2. The van der Waals surface area contributed by atoms with Crippen LogP contribution < -0.4 is 4.90 Å². The molecule has 0 aromatic carbocycles. The second-order valence-corrected chi connectivity index (χ2v) is 5.81. The zero-order valence-corrected chi connectivity index (χ0v) is 13.0. The average molecular weight is 352 g/mol. The summed E-state index contributed by atoms with van der Waals surface area (Å²) >= 11 is 3.33. The molecular formula is C14H15BrFN5. The predicted molar refractivity (Wildman–Crippen MR) is 81.4 cm³/mol. The second kappa shape index (κ2) is 6.44. The van der Waals surface area contributed by atoms with Crippen LogP contribution in [0, 0.1) is 5.82 Å². The van der Waals surface area contributed by atoms with Crippen LogP contribution in [0.3, 0.4) is 0 Å². The van der Waals surface area contributed by atoms with Crippen molar-refractivity contribution in [3.8, 4) is 0 Å². The summed E-state index contributed by atoms with van der Waals surface area (Å²) in [6.45, 7) is 3.89. The molecule has 0 spiro atoms. The van der Waals surface area contributed by atoms with Crippen LogP contribution in [-0.2, 0) is 6.54 Å². The molecule has 3 rings (SSSR count). The number of pyridine rings is 1. The van der Waals surface area contributed by atoms with Crippen molar-refractivity contribution in [2.75, 3.05) is 31.1 Å². The van der Waals surface area contributed by atoms with Crippen molar-refractivity contribution in [2.45, 2.75) is 6.54 Å². The first-order valence-electron chi connectivity index (χ1n) is 6.76. The van der Waals surface area contributed by atoms with E-state index in [1.165, 1.54) is 6.07 Å². The first-order valence-corrected chi connectivity index (χ1v) is 7.56. The summed E-state index contributed by atoms with van der Waals surface area (Å²) in [6.07, 6.45) is 5.13. The van der Waals surface area contributed by atoms with Crippen molar-refractivity contribution in [3.63, 3.8) is 0 Å². The molecule has 1 aliphatic heterocycles. The Morgan fingerprint density at radius 1 is 1.10 bits per heavy atom. The Balaban J connectivity index is 1.58. The highest BCUT2D eigenvalue weighted by molar-refractivity contribution is 9.10. The highest BCUT2D eigenvalue weighted by atomic mass is 79.9. The van der Waals surface area contributed by atoms with E-state index in [1.807, 2.05) is 0 Å². The van der Waals surface area contributed by atoms with Crippen LogP contribution in [0.2, 0.25) is 0 Å². The highest BCUT2D eigenvalue weighted by Gasteiger charge is 2.20. The minimum Gasteiger partial charge on any atom is -0.338 e. The molecule has 2 aromatic rings. The van der Waals surface area contributed by atoms with Crippen molar-refractivity contribution in [1.82, 2.24) is 19.9 Å². The summed E-state index contributed by atoms with van der Waals surface area (Å²) in [6, 6.07) is 3.07. The Bertz CT molecular complexity index is 599. The first kappa shape index (κ1) is 14.3. The third-order valence-electron chi connectivity index (χ3n) is 3.47. The number of halogens is 2. The number of piperazine rings is 1. The molecule has 21 heavy (non-hydrogen) atoms. The number of hydrogen-bond acceptors (Lipinski definition) is 5. The molecule has 5 nitrogen and oxygen atoms in total. The lowest BCUT2D eigenvalue weighted by Gasteiger charge is -2.34. The van der Waals surface area contributed by atoms with Crippen LogP contribution in [0.4, 0.5) is 10.3 Å². The summed E-state index contributed by atoms with van der Waals surface area (Å²) in [5, 5.41) is 0. The summed E-state index contributed by atoms with van der Waals surface area (Å²) in [5.74, 6) is 0.498. The van der Waals surface area contributed by atoms with Crippen LogP contribution in [0.5, 0.6) is 0 Å². The minimum atomic E-state index is -0.240. The fourth-order valence-corrected chi connectivity index (χ4v) is 2.53. The minimum absolute atomic E-state index is 0.240. The highest BCUT2D eigenvalue weighted by Crippen LogP contribution is 2.15. The van der Waals surface area contributed by atoms with E-state index >= 15 is 0 Å². The molecule has 3 heterocycles. The number of aromatic nitrogens is 3. The van der Waals surface area contributed by atoms with Crippen LogP contribution in [-0.4, -0.2) is 46.0 Å². The Morgan fingerprint density at radius 3 is 2.48 bits per heavy atom. The maximum atomic E-state index is 13.6. The van der Waals surface area contributed by atoms with Crippen LogP contribution >= 0.6 is 15.9 Å². The fraction of sp³-hybridized carbons (Fsp3) is 0.357. The smallest absolute Gasteiger partial charge is 0.225 e. The molecule has 0 atom stereocenters. The molecule has 7 heteroatoms. The lowest BCUT2D eigenvalue weighted by atomic mass is 10.2. The van der Waals surface area contributed by atoms with E-state index in [0.29, 0.717) is 12.2 Å². The summed E-state index contributed by atoms with van der Waals surface area (Å²) < 4.78 is 14.5. The molecule has 110 valence electrons. The van der Waals surface area contributed by atoms with E-state index in [4.69, 9.17) is 0 Å². The monoisotopic (exact) mass is 351 g/mol. The normalized spacial score (nSPS) is 16.2. The van der Waals surface area contributed by atoms with Gasteiger partial charge in [-0.05, 0) is 28.1 Å². The van der Waals surface area contributed by atoms with Gasteiger partial charge in [0.1, 0.15) is 5.82 Å². The summed E-state index contributed by atoms with van der Waals surface area (Å²) in [4.78, 5) is 17.0. The average Bonchev–Trinajstić information content (AvgIpc) is 2.51. The SMILES string of the molecule is Fc1cccnc1CN1CCN(c2ncc(Br)cn2)CC1. The molecule has 1 aliphatic rings. The van der Waals surface area contributed by atoms with Gasteiger partial charge in [-0.15, -0.1) is 0 Å². The Morgan fingerprint density at radius 2 is 1.81 bits per heavy atom. The van der Waals surface area contributed by atoms with E-state index in [9.17, 15) is 4.39 Å². The van der Waals surface area contributed by atoms with E-state index in [1.54, 1.807) is 24.7 Å². The van der Waals surface area contributed by atoms with E-state index in [0.717, 1.165) is 36.6 Å². The van der Waals surface area contributed by atoms with Gasteiger partial charge in [-0.3, -0.25) is 9.88 Å². The molecule has 0 amide bonds. The van der Waals surface area contributed by atoms with Crippen molar-refractivity contribution in [1.29, 1.82) is 0 Å². The van der Waals surface area contributed by atoms with E-state index in [2.05, 4.69) is 40.7 Å². The molecule has 0 unspecified atom stereocenters. The number of rotatable bonds is 3. The summed E-state index contributed by atoms with van der Waals surface area (Å²) in [7, 11) is 0. The molecular weight excluding hydrogens is 337 g/mol. The standard InChI is InChI=1S/C14H15BrFN5/c15-11-8-18-14(19-9-11)21-6-4-20(5-7-21)10-13-12(16)2-1-3-17-13/h1-3,8-9H,4-7,10H2. The van der Waals surface area contributed by atoms with Gasteiger partial charge in [0.2, 0.25) is 5.95 Å². The van der Waals surface area contributed by atoms with Gasteiger partial charge >= 0.3 is 0 Å².